The van der Waals surface area contributed by atoms with Crippen molar-refractivity contribution >= 4 is 0 Å². The molecule has 1 unspecified atom stereocenters. The zero-order valence-electron chi connectivity index (χ0n) is 12.0. The largest absolute Gasteiger partial charge is 0.494 e. The van der Waals surface area contributed by atoms with Crippen molar-refractivity contribution in [1.29, 1.82) is 0 Å². The summed E-state index contributed by atoms with van der Waals surface area (Å²) < 4.78 is 5.73. The molecule has 2 heteroatoms. The minimum Gasteiger partial charge on any atom is -0.494 e. The van der Waals surface area contributed by atoms with Crippen LogP contribution in [0.2, 0.25) is 0 Å². The van der Waals surface area contributed by atoms with E-state index in [9.17, 15) is 0 Å². The number of aryl methyl sites for hydroxylation is 1. The van der Waals surface area contributed by atoms with Crippen molar-refractivity contribution in [2.75, 3.05) is 13.2 Å². The molecule has 1 aromatic carbocycles. The third kappa shape index (κ3) is 6.06. The Labute approximate surface area is 112 Å². The lowest BCUT2D eigenvalue weighted by Crippen LogP contribution is -2.26. The first kappa shape index (κ1) is 15.0. The molecule has 0 aliphatic heterocycles. The average molecular weight is 249 g/mol. The Morgan fingerprint density at radius 3 is 2.50 bits per heavy atom. The topological polar surface area (TPSA) is 21.3 Å². The van der Waals surface area contributed by atoms with Gasteiger partial charge in [-0.2, -0.15) is 0 Å². The lowest BCUT2D eigenvalue weighted by Gasteiger charge is -2.13. The maximum atomic E-state index is 5.73. The van der Waals surface area contributed by atoms with Gasteiger partial charge >= 0.3 is 0 Å². The molecule has 1 rings (SSSR count). The first-order valence-electron chi connectivity index (χ1n) is 7.21. The Bertz CT molecular complexity index is 307. The molecule has 18 heavy (non-hydrogen) atoms. The van der Waals surface area contributed by atoms with Crippen molar-refractivity contribution in [3.05, 3.63) is 29.8 Å². The molecule has 102 valence electrons. The van der Waals surface area contributed by atoms with E-state index < -0.39 is 0 Å². The molecule has 2 nitrogen and oxygen atoms in total. The molecule has 0 heterocycles. The first-order chi connectivity index (χ1) is 8.76. The quantitative estimate of drug-likeness (QED) is 0.672. The van der Waals surface area contributed by atoms with Crippen molar-refractivity contribution < 1.29 is 4.74 Å². The average Bonchev–Trinajstić information content (AvgIpc) is 2.42. The van der Waals surface area contributed by atoms with E-state index in [1.165, 1.54) is 18.4 Å². The Kier molecular flexibility index (Phi) is 7.51. The van der Waals surface area contributed by atoms with Crippen LogP contribution in [0, 0.1) is 0 Å². The summed E-state index contributed by atoms with van der Waals surface area (Å²) >= 11 is 0. The molecule has 0 saturated heterocycles. The summed E-state index contributed by atoms with van der Waals surface area (Å²) in [5.41, 5.74) is 1.36. The third-order valence-corrected chi connectivity index (χ3v) is 3.12. The molecule has 1 aromatic rings. The molecule has 0 amide bonds. The van der Waals surface area contributed by atoms with Crippen LogP contribution in [0.25, 0.3) is 0 Å². The van der Waals surface area contributed by atoms with Crippen molar-refractivity contribution in [3.8, 4) is 5.75 Å². The van der Waals surface area contributed by atoms with Gasteiger partial charge < -0.3 is 10.1 Å². The van der Waals surface area contributed by atoms with Gasteiger partial charge in [-0.1, -0.05) is 26.0 Å². The fourth-order valence-electron chi connectivity index (χ4n) is 1.89. The van der Waals surface area contributed by atoms with Gasteiger partial charge in [-0.15, -0.1) is 0 Å². The van der Waals surface area contributed by atoms with Crippen molar-refractivity contribution in [3.63, 3.8) is 0 Å². The predicted molar refractivity (Wildman–Crippen MR) is 78.3 cm³/mol. The van der Waals surface area contributed by atoms with Crippen LogP contribution in [0.3, 0.4) is 0 Å². The summed E-state index contributed by atoms with van der Waals surface area (Å²) in [5.74, 6) is 0.987. The molecule has 1 atom stereocenters. The van der Waals surface area contributed by atoms with Gasteiger partial charge in [0.1, 0.15) is 5.75 Å². The fraction of sp³-hybridized carbons (Fsp3) is 0.625. The van der Waals surface area contributed by atoms with Crippen LogP contribution in [0.1, 0.15) is 45.6 Å². The Hall–Kier alpha value is -1.02. The summed E-state index contributed by atoms with van der Waals surface area (Å²) in [6.07, 6.45) is 4.56. The molecule has 0 fully saturated rings. The number of rotatable bonds is 9. The lowest BCUT2D eigenvalue weighted by molar-refractivity contribution is 0.298. The van der Waals surface area contributed by atoms with E-state index in [4.69, 9.17) is 4.74 Å². The standard InChI is InChI=1S/C16H27NO/c1-4-12-17-14(3)7-6-13-18-16-10-8-15(5-2)9-11-16/h8-11,14,17H,4-7,12-13H2,1-3H3. The summed E-state index contributed by atoms with van der Waals surface area (Å²) in [5, 5.41) is 3.49. The van der Waals surface area contributed by atoms with Gasteiger partial charge in [0.15, 0.2) is 0 Å². The highest BCUT2D eigenvalue weighted by molar-refractivity contribution is 5.27. The molecular formula is C16H27NO. The molecule has 0 bridgehead atoms. The number of benzene rings is 1. The van der Waals surface area contributed by atoms with Gasteiger partial charge in [0, 0.05) is 6.04 Å². The van der Waals surface area contributed by atoms with Crippen molar-refractivity contribution in [2.45, 2.75) is 52.5 Å². The highest BCUT2D eigenvalue weighted by Gasteiger charge is 2.00. The number of ether oxygens (including phenoxy) is 1. The van der Waals surface area contributed by atoms with Crippen LogP contribution in [0.15, 0.2) is 24.3 Å². The van der Waals surface area contributed by atoms with E-state index >= 15 is 0 Å². The number of nitrogens with one attached hydrogen (secondary N) is 1. The third-order valence-electron chi connectivity index (χ3n) is 3.12. The van der Waals surface area contributed by atoms with Crippen molar-refractivity contribution in [2.24, 2.45) is 0 Å². The van der Waals surface area contributed by atoms with Gasteiger partial charge in [0.05, 0.1) is 6.61 Å². The Balaban J connectivity index is 2.13. The van der Waals surface area contributed by atoms with Crippen LogP contribution in [-0.4, -0.2) is 19.2 Å². The normalized spacial score (nSPS) is 12.4. The first-order valence-corrected chi connectivity index (χ1v) is 7.21. The van der Waals surface area contributed by atoms with E-state index in [2.05, 4.69) is 50.4 Å². The predicted octanol–water partition coefficient (Wildman–Crippen LogP) is 3.80. The zero-order chi connectivity index (χ0) is 13.2. The van der Waals surface area contributed by atoms with E-state index in [1.54, 1.807) is 0 Å². The van der Waals surface area contributed by atoms with Crippen LogP contribution < -0.4 is 10.1 Å². The van der Waals surface area contributed by atoms with Gasteiger partial charge in [-0.3, -0.25) is 0 Å². The van der Waals surface area contributed by atoms with Gasteiger partial charge in [0.25, 0.3) is 0 Å². The van der Waals surface area contributed by atoms with Crippen LogP contribution in [0.5, 0.6) is 5.75 Å². The van der Waals surface area contributed by atoms with Gasteiger partial charge in [0.2, 0.25) is 0 Å². The molecule has 0 aliphatic rings. The Morgan fingerprint density at radius 2 is 1.89 bits per heavy atom. The second-order valence-corrected chi connectivity index (χ2v) is 4.84. The minimum absolute atomic E-state index is 0.594. The monoisotopic (exact) mass is 249 g/mol. The van der Waals surface area contributed by atoms with E-state index in [0.29, 0.717) is 6.04 Å². The smallest absolute Gasteiger partial charge is 0.119 e. The highest BCUT2D eigenvalue weighted by atomic mass is 16.5. The maximum absolute atomic E-state index is 5.73. The highest BCUT2D eigenvalue weighted by Crippen LogP contribution is 2.13. The molecular weight excluding hydrogens is 222 g/mol. The molecule has 0 aliphatic carbocycles. The van der Waals surface area contributed by atoms with E-state index in [1.807, 2.05) is 0 Å². The summed E-state index contributed by atoms with van der Waals surface area (Å²) in [6, 6.07) is 9.01. The summed E-state index contributed by atoms with van der Waals surface area (Å²) in [7, 11) is 0. The summed E-state index contributed by atoms with van der Waals surface area (Å²) in [6.45, 7) is 8.53. The number of hydrogen-bond donors (Lipinski definition) is 1. The van der Waals surface area contributed by atoms with Crippen LogP contribution in [-0.2, 0) is 6.42 Å². The van der Waals surface area contributed by atoms with Crippen LogP contribution in [0.4, 0.5) is 0 Å². The van der Waals surface area contributed by atoms with Gasteiger partial charge in [-0.05, 0) is 56.8 Å². The Morgan fingerprint density at radius 1 is 1.17 bits per heavy atom. The molecule has 0 saturated carbocycles. The lowest BCUT2D eigenvalue weighted by atomic mass is 10.1. The number of hydrogen-bond acceptors (Lipinski definition) is 2. The maximum Gasteiger partial charge on any atom is 0.119 e. The molecule has 0 radical (unpaired) electrons. The molecule has 0 aromatic heterocycles. The fourth-order valence-corrected chi connectivity index (χ4v) is 1.89. The molecule has 1 N–H and O–H groups in total. The van der Waals surface area contributed by atoms with Crippen LogP contribution >= 0.6 is 0 Å². The second kappa shape index (κ2) is 8.98. The van der Waals surface area contributed by atoms with Crippen molar-refractivity contribution in [1.82, 2.24) is 5.32 Å². The minimum atomic E-state index is 0.594. The molecule has 0 spiro atoms. The van der Waals surface area contributed by atoms with E-state index in [-0.39, 0.29) is 0 Å². The van der Waals surface area contributed by atoms with E-state index in [0.717, 1.165) is 31.7 Å². The zero-order valence-corrected chi connectivity index (χ0v) is 12.0. The summed E-state index contributed by atoms with van der Waals surface area (Å²) in [4.78, 5) is 0. The SMILES string of the molecule is CCCNC(C)CCCOc1ccc(CC)cc1. The second-order valence-electron chi connectivity index (χ2n) is 4.84. The van der Waals surface area contributed by atoms with Gasteiger partial charge in [-0.25, -0.2) is 0 Å².